The Kier molecular flexibility index (Phi) is 5.36. The van der Waals surface area contributed by atoms with Crippen molar-refractivity contribution in [2.75, 3.05) is 31.1 Å². The smallest absolute Gasteiger partial charge is 0.355 e. The number of carbonyl (C=O) groups is 1. The predicted octanol–water partition coefficient (Wildman–Crippen LogP) is 3.23. The van der Waals surface area contributed by atoms with Crippen LogP contribution in [0, 0.1) is 25.7 Å². The van der Waals surface area contributed by atoms with E-state index in [9.17, 15) is 18.0 Å². The predicted molar refractivity (Wildman–Crippen MR) is 105 cm³/mol. The van der Waals surface area contributed by atoms with Crippen molar-refractivity contribution in [1.82, 2.24) is 24.7 Å². The summed E-state index contributed by atoms with van der Waals surface area (Å²) in [5, 5.41) is 11.2. The van der Waals surface area contributed by atoms with E-state index in [1.165, 1.54) is 0 Å². The van der Waals surface area contributed by atoms with Gasteiger partial charge in [0.15, 0.2) is 11.5 Å². The third-order valence-electron chi connectivity index (χ3n) is 6.56. The quantitative estimate of drug-likeness (QED) is 0.741. The van der Waals surface area contributed by atoms with E-state index in [2.05, 4.69) is 22.2 Å². The summed E-state index contributed by atoms with van der Waals surface area (Å²) in [6.07, 6.45) is -1.17. The SMILES string of the molecule is Cc1c(N2CCC(C(=O)N3CCC(C)CC3)CC2)nn2c(C(F)(F)F)nnc2c1C. The molecule has 2 aromatic heterocycles. The Hall–Kier alpha value is -2.39. The molecular weight excluding hydrogens is 397 g/mol. The van der Waals surface area contributed by atoms with Gasteiger partial charge in [0.25, 0.3) is 5.82 Å². The van der Waals surface area contributed by atoms with E-state index in [4.69, 9.17) is 0 Å². The Morgan fingerprint density at radius 2 is 1.60 bits per heavy atom. The van der Waals surface area contributed by atoms with Crippen LogP contribution in [0.4, 0.5) is 19.0 Å². The number of rotatable bonds is 2. The first kappa shape index (κ1) is 20.9. The summed E-state index contributed by atoms with van der Waals surface area (Å²) in [5.74, 6) is 0.244. The molecule has 30 heavy (non-hydrogen) atoms. The van der Waals surface area contributed by atoms with Crippen molar-refractivity contribution in [3.8, 4) is 0 Å². The Balaban J connectivity index is 1.52. The first-order chi connectivity index (χ1) is 14.2. The van der Waals surface area contributed by atoms with E-state index in [1.807, 2.05) is 16.7 Å². The molecule has 0 unspecified atom stereocenters. The molecule has 2 aromatic rings. The highest BCUT2D eigenvalue weighted by molar-refractivity contribution is 5.79. The molecule has 2 aliphatic heterocycles. The van der Waals surface area contributed by atoms with Gasteiger partial charge in [-0.3, -0.25) is 4.79 Å². The van der Waals surface area contributed by atoms with Crippen LogP contribution in [-0.2, 0) is 11.0 Å². The van der Waals surface area contributed by atoms with Crippen molar-refractivity contribution in [2.24, 2.45) is 11.8 Å². The van der Waals surface area contributed by atoms with E-state index in [0.717, 1.165) is 36.0 Å². The molecule has 0 N–H and O–H groups in total. The lowest BCUT2D eigenvalue weighted by atomic mass is 9.92. The molecule has 7 nitrogen and oxygen atoms in total. The molecule has 0 bridgehead atoms. The molecule has 0 atom stereocenters. The van der Waals surface area contributed by atoms with Gasteiger partial charge in [-0.25, -0.2) is 0 Å². The number of anilines is 1. The minimum atomic E-state index is -4.63. The Morgan fingerprint density at radius 3 is 2.20 bits per heavy atom. The number of amides is 1. The van der Waals surface area contributed by atoms with Crippen LogP contribution >= 0.6 is 0 Å². The summed E-state index contributed by atoms with van der Waals surface area (Å²) in [4.78, 5) is 16.8. The zero-order valence-electron chi connectivity index (χ0n) is 17.5. The lowest BCUT2D eigenvalue weighted by molar-refractivity contribution is -0.146. The van der Waals surface area contributed by atoms with Crippen LogP contribution in [-0.4, -0.2) is 56.8 Å². The number of aryl methyl sites for hydroxylation is 1. The zero-order valence-corrected chi connectivity index (χ0v) is 17.5. The molecule has 0 radical (unpaired) electrons. The molecule has 4 rings (SSSR count). The highest BCUT2D eigenvalue weighted by atomic mass is 19.4. The molecule has 0 spiro atoms. The molecule has 164 valence electrons. The van der Waals surface area contributed by atoms with Crippen LogP contribution in [0.1, 0.15) is 49.6 Å². The molecule has 4 heterocycles. The average Bonchev–Trinajstić information content (AvgIpc) is 3.15. The fraction of sp³-hybridized carbons (Fsp3) is 0.700. The summed E-state index contributed by atoms with van der Waals surface area (Å²) >= 11 is 0. The molecule has 2 saturated heterocycles. The standard InChI is InChI=1S/C20H27F3N6O/c1-12-4-8-28(9-5-12)18(30)15-6-10-27(11-7-15)17-14(3)13(2)16-24-25-19(20(21,22)23)29(16)26-17/h12,15H,4-11H2,1-3H3. The molecule has 0 aliphatic carbocycles. The second-order valence-corrected chi connectivity index (χ2v) is 8.60. The lowest BCUT2D eigenvalue weighted by Gasteiger charge is -2.37. The Labute approximate surface area is 173 Å². The van der Waals surface area contributed by atoms with Gasteiger partial charge >= 0.3 is 6.18 Å². The maximum Gasteiger partial charge on any atom is 0.453 e. The van der Waals surface area contributed by atoms with Crippen LogP contribution < -0.4 is 4.90 Å². The van der Waals surface area contributed by atoms with Crippen molar-refractivity contribution in [3.05, 3.63) is 17.0 Å². The number of aromatic nitrogens is 4. The van der Waals surface area contributed by atoms with Crippen LogP contribution in [0.5, 0.6) is 0 Å². The van der Waals surface area contributed by atoms with Crippen LogP contribution in [0.2, 0.25) is 0 Å². The molecule has 2 fully saturated rings. The fourth-order valence-corrected chi connectivity index (χ4v) is 4.42. The summed E-state index contributed by atoms with van der Waals surface area (Å²) in [5.41, 5.74) is 1.54. The second kappa shape index (κ2) is 7.70. The summed E-state index contributed by atoms with van der Waals surface area (Å²) < 4.78 is 40.6. The number of piperidine rings is 2. The number of nitrogens with zero attached hydrogens (tertiary/aromatic N) is 6. The zero-order chi connectivity index (χ0) is 21.6. The van der Waals surface area contributed by atoms with Gasteiger partial charge in [-0.2, -0.15) is 17.7 Å². The number of fused-ring (bicyclic) bond motifs is 1. The van der Waals surface area contributed by atoms with Gasteiger partial charge in [-0.05, 0) is 45.4 Å². The maximum absolute atomic E-state index is 13.3. The van der Waals surface area contributed by atoms with Gasteiger partial charge < -0.3 is 9.80 Å². The maximum atomic E-state index is 13.3. The Morgan fingerprint density at radius 1 is 0.967 bits per heavy atom. The number of likely N-dealkylation sites (tertiary alicyclic amines) is 1. The summed E-state index contributed by atoms with van der Waals surface area (Å²) in [6.45, 7) is 8.61. The first-order valence-electron chi connectivity index (χ1n) is 10.5. The first-order valence-corrected chi connectivity index (χ1v) is 10.5. The molecule has 10 heteroatoms. The van der Waals surface area contributed by atoms with Crippen molar-refractivity contribution >= 4 is 17.4 Å². The van der Waals surface area contributed by atoms with Gasteiger partial charge in [0.1, 0.15) is 0 Å². The number of halogens is 3. The summed E-state index contributed by atoms with van der Waals surface area (Å²) in [7, 11) is 0. The van der Waals surface area contributed by atoms with Gasteiger partial charge in [-0.15, -0.1) is 15.3 Å². The van der Waals surface area contributed by atoms with Crippen molar-refractivity contribution in [1.29, 1.82) is 0 Å². The number of hydrogen-bond donors (Lipinski definition) is 0. The average molecular weight is 424 g/mol. The topological polar surface area (TPSA) is 66.6 Å². The van der Waals surface area contributed by atoms with Crippen LogP contribution in [0.3, 0.4) is 0 Å². The third-order valence-corrected chi connectivity index (χ3v) is 6.56. The number of carbonyl (C=O) groups excluding carboxylic acids is 1. The van der Waals surface area contributed by atoms with Crippen molar-refractivity contribution < 1.29 is 18.0 Å². The number of alkyl halides is 3. The van der Waals surface area contributed by atoms with Crippen molar-refractivity contribution in [2.45, 2.75) is 52.6 Å². The fourth-order valence-electron chi connectivity index (χ4n) is 4.42. The van der Waals surface area contributed by atoms with Crippen molar-refractivity contribution in [3.63, 3.8) is 0 Å². The van der Waals surface area contributed by atoms with Crippen LogP contribution in [0.15, 0.2) is 0 Å². The van der Waals surface area contributed by atoms with Gasteiger partial charge in [0, 0.05) is 43.2 Å². The van der Waals surface area contributed by atoms with E-state index < -0.39 is 12.0 Å². The molecule has 0 aromatic carbocycles. The van der Waals surface area contributed by atoms with E-state index in [1.54, 1.807) is 6.92 Å². The highest BCUT2D eigenvalue weighted by Crippen LogP contribution is 2.32. The molecular formula is C20H27F3N6O. The van der Waals surface area contributed by atoms with E-state index in [0.29, 0.717) is 43.2 Å². The van der Waals surface area contributed by atoms with E-state index >= 15 is 0 Å². The monoisotopic (exact) mass is 424 g/mol. The third kappa shape index (κ3) is 3.72. The van der Waals surface area contributed by atoms with Gasteiger partial charge in [-0.1, -0.05) is 6.92 Å². The van der Waals surface area contributed by atoms with Crippen LogP contribution in [0.25, 0.3) is 5.65 Å². The largest absolute Gasteiger partial charge is 0.453 e. The van der Waals surface area contributed by atoms with Gasteiger partial charge in [0.05, 0.1) is 0 Å². The second-order valence-electron chi connectivity index (χ2n) is 8.60. The number of hydrogen-bond acceptors (Lipinski definition) is 5. The summed E-state index contributed by atoms with van der Waals surface area (Å²) in [6, 6.07) is 0. The Bertz CT molecular complexity index is 940. The highest BCUT2D eigenvalue weighted by Gasteiger charge is 2.39. The molecule has 0 saturated carbocycles. The minimum absolute atomic E-state index is 0.0274. The van der Waals surface area contributed by atoms with E-state index in [-0.39, 0.29) is 17.5 Å². The molecule has 1 amide bonds. The minimum Gasteiger partial charge on any atom is -0.355 e. The normalized spacial score (nSPS) is 19.7. The molecule has 2 aliphatic rings. The lowest BCUT2D eigenvalue weighted by Crippen LogP contribution is -2.45. The van der Waals surface area contributed by atoms with Gasteiger partial charge in [0.2, 0.25) is 5.91 Å².